The predicted octanol–water partition coefficient (Wildman–Crippen LogP) is 3.41. The van der Waals surface area contributed by atoms with Gasteiger partial charge in [0.2, 0.25) is 0 Å². The van der Waals surface area contributed by atoms with Gasteiger partial charge in [-0.15, -0.1) is 0 Å². The number of amides is 1. The number of halogens is 1. The highest BCUT2D eigenvalue weighted by atomic mass is 35.5. The molecule has 0 aromatic heterocycles. The van der Waals surface area contributed by atoms with Crippen molar-refractivity contribution >= 4 is 23.5 Å². The summed E-state index contributed by atoms with van der Waals surface area (Å²) in [5.74, 6) is -1.05. The second kappa shape index (κ2) is 6.48. The molecule has 21 heavy (non-hydrogen) atoms. The van der Waals surface area contributed by atoms with Crippen molar-refractivity contribution in [3.05, 3.63) is 34.3 Å². The van der Waals surface area contributed by atoms with Crippen LogP contribution in [0.2, 0.25) is 5.02 Å². The number of hydrogen-bond donors (Lipinski definition) is 2. The van der Waals surface area contributed by atoms with Gasteiger partial charge < -0.3 is 10.4 Å². The number of aliphatic carboxylic acids is 1. The first-order valence-electron chi connectivity index (χ1n) is 7.22. The molecule has 1 aliphatic rings. The van der Waals surface area contributed by atoms with E-state index < -0.39 is 11.4 Å². The van der Waals surface area contributed by atoms with Crippen LogP contribution >= 0.6 is 11.6 Å². The van der Waals surface area contributed by atoms with E-state index in [1.54, 1.807) is 18.2 Å². The summed E-state index contributed by atoms with van der Waals surface area (Å²) in [6.45, 7) is 2.00. The van der Waals surface area contributed by atoms with Crippen molar-refractivity contribution in [2.45, 2.75) is 39.0 Å². The molecular formula is C16H20ClNO3. The monoisotopic (exact) mass is 309 g/mol. The van der Waals surface area contributed by atoms with Crippen molar-refractivity contribution in [1.29, 1.82) is 0 Å². The first kappa shape index (κ1) is 15.8. The van der Waals surface area contributed by atoms with Crippen LogP contribution in [0, 0.1) is 12.3 Å². The van der Waals surface area contributed by atoms with Gasteiger partial charge in [0.15, 0.2) is 0 Å². The standard InChI is InChI=1S/C16H20ClNO3/c1-11-9-12(17)5-6-13(11)14(19)18-10-16(15(20)21)7-3-2-4-8-16/h5-6,9H,2-4,7-8,10H2,1H3,(H,18,19)(H,20,21). The van der Waals surface area contributed by atoms with Crippen LogP contribution in [-0.2, 0) is 4.79 Å². The summed E-state index contributed by atoms with van der Waals surface area (Å²) in [6, 6.07) is 5.06. The fraction of sp³-hybridized carbons (Fsp3) is 0.500. The SMILES string of the molecule is Cc1cc(Cl)ccc1C(=O)NCC1(C(=O)O)CCCCC1. The van der Waals surface area contributed by atoms with Gasteiger partial charge in [-0.2, -0.15) is 0 Å². The fourth-order valence-corrected chi connectivity index (χ4v) is 3.15. The van der Waals surface area contributed by atoms with Crippen molar-refractivity contribution in [3.8, 4) is 0 Å². The molecule has 2 rings (SSSR count). The number of hydrogen-bond acceptors (Lipinski definition) is 2. The Labute approximate surface area is 129 Å². The highest BCUT2D eigenvalue weighted by molar-refractivity contribution is 6.30. The van der Waals surface area contributed by atoms with Crippen LogP contribution in [0.25, 0.3) is 0 Å². The molecule has 1 aromatic rings. The molecular weight excluding hydrogens is 290 g/mol. The minimum atomic E-state index is -0.811. The van der Waals surface area contributed by atoms with Gasteiger partial charge in [0.05, 0.1) is 5.41 Å². The second-order valence-corrected chi connectivity index (χ2v) is 6.22. The molecule has 0 spiro atoms. The van der Waals surface area contributed by atoms with Crippen LogP contribution in [0.3, 0.4) is 0 Å². The molecule has 0 unspecified atom stereocenters. The van der Waals surface area contributed by atoms with Crippen molar-refractivity contribution in [2.24, 2.45) is 5.41 Å². The molecule has 5 heteroatoms. The average molecular weight is 310 g/mol. The number of rotatable bonds is 4. The molecule has 114 valence electrons. The smallest absolute Gasteiger partial charge is 0.311 e. The Morgan fingerprint density at radius 2 is 1.95 bits per heavy atom. The molecule has 1 amide bonds. The number of aryl methyl sites for hydroxylation is 1. The van der Waals surface area contributed by atoms with E-state index in [2.05, 4.69) is 5.32 Å². The van der Waals surface area contributed by atoms with E-state index in [9.17, 15) is 14.7 Å². The van der Waals surface area contributed by atoms with Crippen molar-refractivity contribution in [3.63, 3.8) is 0 Å². The van der Waals surface area contributed by atoms with E-state index in [0.717, 1.165) is 24.8 Å². The third kappa shape index (κ3) is 3.56. The third-order valence-corrected chi connectivity index (χ3v) is 4.52. The molecule has 0 aliphatic heterocycles. The summed E-state index contributed by atoms with van der Waals surface area (Å²) in [5, 5.41) is 12.9. The maximum absolute atomic E-state index is 12.2. The van der Waals surface area contributed by atoms with Crippen LogP contribution in [0.15, 0.2) is 18.2 Å². The van der Waals surface area contributed by atoms with Gasteiger partial charge in [-0.3, -0.25) is 9.59 Å². The summed E-state index contributed by atoms with van der Waals surface area (Å²) >= 11 is 5.87. The van der Waals surface area contributed by atoms with Crippen LogP contribution in [0.1, 0.15) is 48.0 Å². The number of carboxylic acids is 1. The lowest BCUT2D eigenvalue weighted by Gasteiger charge is -2.33. The summed E-state index contributed by atoms with van der Waals surface area (Å²) in [5.41, 5.74) is 0.512. The number of carboxylic acid groups (broad SMARTS) is 1. The zero-order valence-electron chi connectivity index (χ0n) is 12.1. The lowest BCUT2D eigenvalue weighted by atomic mass is 9.74. The van der Waals surface area contributed by atoms with E-state index >= 15 is 0 Å². The van der Waals surface area contributed by atoms with E-state index in [-0.39, 0.29) is 12.5 Å². The van der Waals surface area contributed by atoms with Crippen LogP contribution in [0.5, 0.6) is 0 Å². The maximum atomic E-state index is 12.2. The van der Waals surface area contributed by atoms with Gasteiger partial charge >= 0.3 is 5.97 Å². The zero-order chi connectivity index (χ0) is 15.5. The molecule has 1 fully saturated rings. The number of benzene rings is 1. The quantitative estimate of drug-likeness (QED) is 0.895. The van der Waals surface area contributed by atoms with Gasteiger partial charge in [0.1, 0.15) is 0 Å². The normalized spacial score (nSPS) is 17.2. The molecule has 0 bridgehead atoms. The number of carbonyl (C=O) groups is 2. The summed E-state index contributed by atoms with van der Waals surface area (Å²) in [6.07, 6.45) is 4.13. The highest BCUT2D eigenvalue weighted by Gasteiger charge is 2.39. The zero-order valence-corrected chi connectivity index (χ0v) is 12.9. The Bertz CT molecular complexity index is 550. The molecule has 0 atom stereocenters. The molecule has 1 aliphatic carbocycles. The van der Waals surface area contributed by atoms with E-state index in [1.807, 2.05) is 6.92 Å². The highest BCUT2D eigenvalue weighted by Crippen LogP contribution is 2.36. The summed E-state index contributed by atoms with van der Waals surface area (Å²) in [7, 11) is 0. The van der Waals surface area contributed by atoms with Gasteiger partial charge in [-0.05, 0) is 43.5 Å². The molecule has 4 nitrogen and oxygen atoms in total. The lowest BCUT2D eigenvalue weighted by molar-refractivity contribution is -0.150. The predicted molar refractivity (Wildman–Crippen MR) is 81.7 cm³/mol. The molecule has 0 saturated heterocycles. The molecule has 1 saturated carbocycles. The summed E-state index contributed by atoms with van der Waals surface area (Å²) < 4.78 is 0. The van der Waals surface area contributed by atoms with Gasteiger partial charge in [0.25, 0.3) is 5.91 Å². The second-order valence-electron chi connectivity index (χ2n) is 5.79. The van der Waals surface area contributed by atoms with Crippen LogP contribution in [-0.4, -0.2) is 23.5 Å². The lowest BCUT2D eigenvalue weighted by Crippen LogP contribution is -2.44. The largest absolute Gasteiger partial charge is 0.481 e. The third-order valence-electron chi connectivity index (χ3n) is 4.28. The van der Waals surface area contributed by atoms with Crippen molar-refractivity contribution in [1.82, 2.24) is 5.32 Å². The van der Waals surface area contributed by atoms with Crippen molar-refractivity contribution < 1.29 is 14.7 Å². The Kier molecular flexibility index (Phi) is 4.88. The topological polar surface area (TPSA) is 66.4 Å². The van der Waals surface area contributed by atoms with Gasteiger partial charge in [-0.1, -0.05) is 30.9 Å². The fourth-order valence-electron chi connectivity index (χ4n) is 2.92. The van der Waals surface area contributed by atoms with E-state index in [4.69, 9.17) is 11.6 Å². The van der Waals surface area contributed by atoms with Crippen LogP contribution in [0.4, 0.5) is 0 Å². The van der Waals surface area contributed by atoms with Crippen molar-refractivity contribution in [2.75, 3.05) is 6.54 Å². The van der Waals surface area contributed by atoms with Gasteiger partial charge in [0, 0.05) is 17.1 Å². The Morgan fingerprint density at radius 3 is 2.52 bits per heavy atom. The maximum Gasteiger partial charge on any atom is 0.311 e. The Morgan fingerprint density at radius 1 is 1.29 bits per heavy atom. The molecule has 0 radical (unpaired) electrons. The molecule has 2 N–H and O–H groups in total. The Balaban J connectivity index is 2.07. The number of nitrogens with one attached hydrogen (secondary N) is 1. The average Bonchev–Trinajstić information content (AvgIpc) is 2.45. The first-order valence-corrected chi connectivity index (χ1v) is 7.60. The molecule has 1 aromatic carbocycles. The first-order chi connectivity index (χ1) is 9.94. The summed E-state index contributed by atoms with van der Waals surface area (Å²) in [4.78, 5) is 23.8. The van der Waals surface area contributed by atoms with Crippen LogP contribution < -0.4 is 5.32 Å². The van der Waals surface area contributed by atoms with Gasteiger partial charge in [-0.25, -0.2) is 0 Å². The van der Waals surface area contributed by atoms with E-state index in [1.165, 1.54) is 0 Å². The molecule has 0 heterocycles. The van der Waals surface area contributed by atoms with E-state index in [0.29, 0.717) is 23.4 Å². The minimum absolute atomic E-state index is 0.184. The number of carbonyl (C=O) groups excluding carboxylic acids is 1. The minimum Gasteiger partial charge on any atom is -0.481 e. The Hall–Kier alpha value is -1.55.